The first-order chi connectivity index (χ1) is 9.71. The third kappa shape index (κ3) is 1.63. The maximum absolute atomic E-state index is 13.1. The maximum Gasteiger partial charge on any atom is 0.177 e. The van der Waals surface area contributed by atoms with Crippen LogP contribution in [0.1, 0.15) is 47.5 Å². The summed E-state index contributed by atoms with van der Waals surface area (Å²) in [4.78, 5) is 38.7. The Morgan fingerprint density at radius 3 is 1.86 bits per heavy atom. The topological polar surface area (TPSA) is 51.2 Å². The summed E-state index contributed by atoms with van der Waals surface area (Å²) in [5, 5.41) is 0. The summed E-state index contributed by atoms with van der Waals surface area (Å²) in [7, 11) is 0. The minimum Gasteiger partial charge on any atom is -0.297 e. The first-order valence-electron chi connectivity index (χ1n) is 7.60. The van der Waals surface area contributed by atoms with E-state index < -0.39 is 10.8 Å². The van der Waals surface area contributed by atoms with E-state index >= 15 is 0 Å². The molecule has 0 spiro atoms. The molecule has 2 bridgehead atoms. The lowest BCUT2D eigenvalue weighted by atomic mass is 9.63. The minimum atomic E-state index is -1.50. The Hall–Kier alpha value is -1.51. The van der Waals surface area contributed by atoms with Crippen LogP contribution in [0.3, 0.4) is 0 Å². The third-order valence-corrected chi connectivity index (χ3v) is 6.02. The van der Waals surface area contributed by atoms with Crippen molar-refractivity contribution in [2.45, 2.75) is 47.5 Å². The molecule has 0 aromatic carbocycles. The first kappa shape index (κ1) is 15.9. The van der Waals surface area contributed by atoms with Crippen molar-refractivity contribution in [2.24, 2.45) is 22.2 Å². The van der Waals surface area contributed by atoms with Crippen LogP contribution in [0.5, 0.6) is 0 Å². The van der Waals surface area contributed by atoms with Gasteiger partial charge in [0.25, 0.3) is 0 Å². The molecule has 0 amide bonds. The lowest BCUT2D eigenvalue weighted by Crippen LogP contribution is -2.51. The van der Waals surface area contributed by atoms with Crippen molar-refractivity contribution >= 4 is 17.3 Å². The zero-order valence-corrected chi connectivity index (χ0v) is 13.5. The van der Waals surface area contributed by atoms with E-state index in [2.05, 4.69) is 0 Å². The standard InChI is InChI=1S/C18H24O3/c1-6-8-13(19)18(14(20)9-7-2)12-10-11-17(5,15(18)21)16(12,3)4/h6-9,12H,10-11H2,1-5H3/b8-6+,9-7+. The summed E-state index contributed by atoms with van der Waals surface area (Å²) in [6, 6.07) is 0. The van der Waals surface area contributed by atoms with Crippen molar-refractivity contribution in [3.8, 4) is 0 Å². The van der Waals surface area contributed by atoms with Gasteiger partial charge >= 0.3 is 0 Å². The molecule has 2 fully saturated rings. The van der Waals surface area contributed by atoms with Gasteiger partial charge in [-0.2, -0.15) is 0 Å². The number of hydrogen-bond acceptors (Lipinski definition) is 3. The predicted molar refractivity (Wildman–Crippen MR) is 81.7 cm³/mol. The quantitative estimate of drug-likeness (QED) is 0.589. The van der Waals surface area contributed by atoms with Gasteiger partial charge in [0.2, 0.25) is 0 Å². The Balaban J connectivity index is 2.71. The second-order valence-electron chi connectivity index (χ2n) is 7.01. The molecule has 3 nitrogen and oxygen atoms in total. The molecule has 2 unspecified atom stereocenters. The summed E-state index contributed by atoms with van der Waals surface area (Å²) in [5.41, 5.74) is -2.43. The van der Waals surface area contributed by atoms with Gasteiger partial charge in [-0.05, 0) is 50.2 Å². The number of carbonyl (C=O) groups is 3. The zero-order valence-electron chi connectivity index (χ0n) is 13.5. The van der Waals surface area contributed by atoms with Crippen molar-refractivity contribution in [3.05, 3.63) is 24.3 Å². The monoisotopic (exact) mass is 288 g/mol. The molecule has 0 radical (unpaired) electrons. The second-order valence-corrected chi connectivity index (χ2v) is 7.01. The van der Waals surface area contributed by atoms with E-state index in [0.717, 1.165) is 12.8 Å². The van der Waals surface area contributed by atoms with E-state index in [9.17, 15) is 14.4 Å². The van der Waals surface area contributed by atoms with Gasteiger partial charge in [-0.15, -0.1) is 0 Å². The van der Waals surface area contributed by atoms with Gasteiger partial charge in [-0.3, -0.25) is 14.4 Å². The lowest BCUT2D eigenvalue weighted by Gasteiger charge is -2.33. The fourth-order valence-corrected chi connectivity index (χ4v) is 4.51. The van der Waals surface area contributed by atoms with Gasteiger partial charge in [0, 0.05) is 5.41 Å². The van der Waals surface area contributed by atoms with Gasteiger partial charge in [0.1, 0.15) is 0 Å². The SMILES string of the molecule is C/C=C/C(=O)C1(C(=O)/C=C/C)C(=O)C2(C)CCC1C2(C)C. The molecule has 3 heteroatoms. The van der Waals surface area contributed by atoms with Gasteiger partial charge in [0.15, 0.2) is 22.8 Å². The van der Waals surface area contributed by atoms with Gasteiger partial charge in [-0.25, -0.2) is 0 Å². The van der Waals surface area contributed by atoms with Crippen molar-refractivity contribution < 1.29 is 14.4 Å². The molecule has 0 aromatic heterocycles. The number of fused-ring (bicyclic) bond motifs is 2. The van der Waals surface area contributed by atoms with E-state index in [1.807, 2.05) is 20.8 Å². The minimum absolute atomic E-state index is 0.178. The highest BCUT2D eigenvalue weighted by Crippen LogP contribution is 2.70. The van der Waals surface area contributed by atoms with E-state index in [1.54, 1.807) is 26.0 Å². The molecule has 2 atom stereocenters. The largest absolute Gasteiger partial charge is 0.297 e. The van der Waals surface area contributed by atoms with Gasteiger partial charge in [-0.1, -0.05) is 32.9 Å². The number of hydrogen-bond donors (Lipinski definition) is 0. The molecule has 21 heavy (non-hydrogen) atoms. The zero-order chi connectivity index (χ0) is 16.1. The van der Waals surface area contributed by atoms with E-state index in [0.29, 0.717) is 0 Å². The first-order valence-corrected chi connectivity index (χ1v) is 7.60. The van der Waals surface area contributed by atoms with Crippen molar-refractivity contribution in [1.82, 2.24) is 0 Å². The predicted octanol–water partition coefficient (Wildman–Crippen LogP) is 3.29. The normalized spacial score (nSPS) is 33.2. The van der Waals surface area contributed by atoms with Gasteiger partial charge in [0.05, 0.1) is 0 Å². The molecule has 114 valence electrons. The Morgan fingerprint density at radius 2 is 1.52 bits per heavy atom. The van der Waals surface area contributed by atoms with Crippen LogP contribution in [0.15, 0.2) is 24.3 Å². The number of allylic oxidation sites excluding steroid dienone is 4. The summed E-state index contributed by atoms with van der Waals surface area (Å²) in [6.07, 6.45) is 7.52. The molecule has 2 aliphatic carbocycles. The molecule has 0 N–H and O–H groups in total. The highest BCUT2D eigenvalue weighted by atomic mass is 16.2. The van der Waals surface area contributed by atoms with E-state index in [1.165, 1.54) is 12.2 Å². The van der Waals surface area contributed by atoms with Crippen LogP contribution in [0, 0.1) is 22.2 Å². The van der Waals surface area contributed by atoms with E-state index in [4.69, 9.17) is 0 Å². The second kappa shape index (κ2) is 4.75. The Kier molecular flexibility index (Phi) is 3.59. The average molecular weight is 288 g/mol. The Morgan fingerprint density at radius 1 is 1.05 bits per heavy atom. The summed E-state index contributed by atoms with van der Waals surface area (Å²) < 4.78 is 0. The number of rotatable bonds is 4. The van der Waals surface area contributed by atoms with Crippen LogP contribution < -0.4 is 0 Å². The van der Waals surface area contributed by atoms with E-state index in [-0.39, 0.29) is 28.7 Å². The van der Waals surface area contributed by atoms with Crippen LogP contribution in [-0.2, 0) is 14.4 Å². The lowest BCUT2D eigenvalue weighted by molar-refractivity contribution is -0.150. The highest BCUT2D eigenvalue weighted by Gasteiger charge is 2.76. The number of carbonyl (C=O) groups excluding carboxylic acids is 3. The molecular weight excluding hydrogens is 264 g/mol. The van der Waals surface area contributed by atoms with Crippen molar-refractivity contribution in [3.63, 3.8) is 0 Å². The van der Waals surface area contributed by atoms with Crippen molar-refractivity contribution in [2.75, 3.05) is 0 Å². The highest BCUT2D eigenvalue weighted by molar-refractivity contribution is 6.32. The summed E-state index contributed by atoms with van der Waals surface area (Å²) in [5.74, 6) is -1.09. The average Bonchev–Trinajstić information content (AvgIpc) is 2.71. The molecule has 0 saturated heterocycles. The van der Waals surface area contributed by atoms with Crippen LogP contribution in [0.25, 0.3) is 0 Å². The van der Waals surface area contributed by atoms with Gasteiger partial charge < -0.3 is 0 Å². The van der Waals surface area contributed by atoms with Crippen LogP contribution in [-0.4, -0.2) is 17.3 Å². The third-order valence-electron chi connectivity index (χ3n) is 6.02. The molecule has 2 saturated carbocycles. The molecule has 0 aliphatic heterocycles. The smallest absolute Gasteiger partial charge is 0.177 e. The molecule has 2 aliphatic rings. The van der Waals surface area contributed by atoms with Crippen LogP contribution in [0.2, 0.25) is 0 Å². The molecule has 0 heterocycles. The Labute approximate surface area is 126 Å². The molecule has 2 rings (SSSR count). The maximum atomic E-state index is 13.1. The summed E-state index contributed by atoms with van der Waals surface area (Å²) >= 11 is 0. The number of ketones is 3. The summed E-state index contributed by atoms with van der Waals surface area (Å²) in [6.45, 7) is 9.43. The fraction of sp³-hybridized carbons (Fsp3) is 0.611. The van der Waals surface area contributed by atoms with Crippen molar-refractivity contribution in [1.29, 1.82) is 0 Å². The molecular formula is C18H24O3. The Bertz CT molecular complexity index is 541. The van der Waals surface area contributed by atoms with Crippen LogP contribution >= 0.6 is 0 Å². The molecule has 0 aromatic rings. The number of Topliss-reactive ketones (excluding diaryl/α,β-unsaturated/α-hetero) is 1. The van der Waals surface area contributed by atoms with Crippen LogP contribution in [0.4, 0.5) is 0 Å². The fourth-order valence-electron chi connectivity index (χ4n) is 4.51.